The zero-order valence-electron chi connectivity index (χ0n) is 16.3. The van der Waals surface area contributed by atoms with Crippen LogP contribution in [0.4, 0.5) is 0 Å². The molecule has 28 heavy (non-hydrogen) atoms. The third kappa shape index (κ3) is 4.35. The second-order valence-corrected chi connectivity index (χ2v) is 7.82. The predicted molar refractivity (Wildman–Crippen MR) is 103 cm³/mol. The van der Waals surface area contributed by atoms with Crippen molar-refractivity contribution in [1.29, 1.82) is 0 Å². The average Bonchev–Trinajstić information content (AvgIpc) is 3.15. The Hall–Kier alpha value is -2.41. The maximum absolute atomic E-state index is 12.7. The number of carbonyl (C=O) groups is 1. The summed E-state index contributed by atoms with van der Waals surface area (Å²) in [5, 5.41) is 0. The monoisotopic (exact) mass is 385 g/mol. The number of hydrogen-bond acceptors (Lipinski definition) is 6. The molecule has 7 nitrogen and oxygen atoms in total. The van der Waals surface area contributed by atoms with Crippen LogP contribution in [-0.4, -0.2) is 27.4 Å². The molecule has 2 aliphatic rings. The maximum atomic E-state index is 12.7. The van der Waals surface area contributed by atoms with E-state index in [4.69, 9.17) is 14.1 Å². The summed E-state index contributed by atoms with van der Waals surface area (Å²) in [5.41, 5.74) is 1.73. The SMILES string of the molecule is CC(=O)OCc1ccc(CN2CCc3nc(C4CCCCC4)[nH]c(=O)c3C2)o1. The molecule has 0 spiro atoms. The second kappa shape index (κ2) is 8.31. The van der Waals surface area contributed by atoms with Crippen molar-refractivity contribution in [2.24, 2.45) is 0 Å². The van der Waals surface area contributed by atoms with Gasteiger partial charge in [0.05, 0.1) is 17.8 Å². The number of ether oxygens (including phenoxy) is 1. The number of rotatable bonds is 5. The molecular formula is C21H27N3O4. The summed E-state index contributed by atoms with van der Waals surface area (Å²) in [5.74, 6) is 2.39. The number of aromatic nitrogens is 2. The molecule has 1 aliphatic heterocycles. The molecule has 0 aromatic carbocycles. The molecule has 2 aromatic heterocycles. The molecule has 7 heteroatoms. The summed E-state index contributed by atoms with van der Waals surface area (Å²) < 4.78 is 10.7. The van der Waals surface area contributed by atoms with E-state index in [1.165, 1.54) is 26.2 Å². The Morgan fingerprint density at radius 3 is 2.86 bits per heavy atom. The third-order valence-electron chi connectivity index (χ3n) is 5.67. The molecule has 1 fully saturated rings. The highest BCUT2D eigenvalue weighted by Gasteiger charge is 2.25. The number of H-pyrrole nitrogens is 1. The van der Waals surface area contributed by atoms with Crippen LogP contribution < -0.4 is 5.56 Å². The van der Waals surface area contributed by atoms with Gasteiger partial charge in [0.25, 0.3) is 5.56 Å². The van der Waals surface area contributed by atoms with Gasteiger partial charge >= 0.3 is 5.97 Å². The third-order valence-corrected chi connectivity index (χ3v) is 5.67. The quantitative estimate of drug-likeness (QED) is 0.796. The lowest BCUT2D eigenvalue weighted by Gasteiger charge is -2.28. The largest absolute Gasteiger partial charge is 0.461 e. The summed E-state index contributed by atoms with van der Waals surface area (Å²) in [6.07, 6.45) is 6.77. The zero-order valence-corrected chi connectivity index (χ0v) is 16.3. The summed E-state index contributed by atoms with van der Waals surface area (Å²) in [4.78, 5) is 33.7. The van der Waals surface area contributed by atoms with Gasteiger partial charge in [-0.2, -0.15) is 0 Å². The lowest BCUT2D eigenvalue weighted by atomic mass is 9.88. The molecule has 0 amide bonds. The van der Waals surface area contributed by atoms with Gasteiger partial charge in [0, 0.05) is 32.4 Å². The normalized spacial score (nSPS) is 18.0. The van der Waals surface area contributed by atoms with Gasteiger partial charge in [-0.1, -0.05) is 19.3 Å². The molecule has 0 saturated heterocycles. The number of aromatic amines is 1. The number of hydrogen-bond donors (Lipinski definition) is 1. The molecule has 150 valence electrons. The number of esters is 1. The first-order valence-corrected chi connectivity index (χ1v) is 10.1. The molecule has 0 radical (unpaired) electrons. The van der Waals surface area contributed by atoms with E-state index in [0.29, 0.717) is 24.8 Å². The minimum atomic E-state index is -0.329. The Bertz CT molecular complexity index is 895. The van der Waals surface area contributed by atoms with Crippen molar-refractivity contribution in [3.63, 3.8) is 0 Å². The summed E-state index contributed by atoms with van der Waals surface area (Å²) in [6.45, 7) is 3.55. The standard InChI is InChI=1S/C21H27N3O4/c1-14(25)27-13-17-8-7-16(28-17)11-24-10-9-19-18(12-24)21(26)23-20(22-19)15-5-3-2-4-6-15/h7-8,15H,2-6,9-13H2,1H3,(H,22,23,26). The van der Waals surface area contributed by atoms with Crippen LogP contribution in [0.3, 0.4) is 0 Å². The molecule has 0 unspecified atom stereocenters. The topological polar surface area (TPSA) is 88.4 Å². The fourth-order valence-electron chi connectivity index (χ4n) is 4.18. The van der Waals surface area contributed by atoms with Crippen molar-refractivity contribution < 1.29 is 13.9 Å². The van der Waals surface area contributed by atoms with Crippen LogP contribution in [-0.2, 0) is 35.6 Å². The molecular weight excluding hydrogens is 358 g/mol. The zero-order chi connectivity index (χ0) is 19.5. The molecule has 1 aliphatic carbocycles. The van der Waals surface area contributed by atoms with Crippen molar-refractivity contribution >= 4 is 5.97 Å². The first-order chi connectivity index (χ1) is 13.6. The van der Waals surface area contributed by atoms with Gasteiger partial charge in [-0.15, -0.1) is 0 Å². The number of nitrogens with zero attached hydrogens (tertiary/aromatic N) is 2. The van der Waals surface area contributed by atoms with Crippen LogP contribution in [0.2, 0.25) is 0 Å². The molecule has 1 N–H and O–H groups in total. The average molecular weight is 385 g/mol. The van der Waals surface area contributed by atoms with Crippen LogP contribution in [0.25, 0.3) is 0 Å². The molecule has 3 heterocycles. The highest BCUT2D eigenvalue weighted by Crippen LogP contribution is 2.30. The highest BCUT2D eigenvalue weighted by molar-refractivity contribution is 5.65. The summed E-state index contributed by atoms with van der Waals surface area (Å²) in [6, 6.07) is 3.71. The van der Waals surface area contributed by atoms with Gasteiger partial charge in [0.1, 0.15) is 24.0 Å². The van der Waals surface area contributed by atoms with Gasteiger partial charge < -0.3 is 14.1 Å². The van der Waals surface area contributed by atoms with Crippen LogP contribution in [0.5, 0.6) is 0 Å². The fraction of sp³-hybridized carbons (Fsp3) is 0.571. The van der Waals surface area contributed by atoms with E-state index in [9.17, 15) is 9.59 Å². The highest BCUT2D eigenvalue weighted by atomic mass is 16.5. The Balaban J connectivity index is 1.42. The first-order valence-electron chi connectivity index (χ1n) is 10.1. The van der Waals surface area contributed by atoms with E-state index in [2.05, 4.69) is 9.88 Å². The number of nitrogens with one attached hydrogen (secondary N) is 1. The van der Waals surface area contributed by atoms with E-state index >= 15 is 0 Å². The van der Waals surface area contributed by atoms with E-state index in [1.807, 2.05) is 12.1 Å². The maximum Gasteiger partial charge on any atom is 0.303 e. The Morgan fingerprint density at radius 2 is 2.07 bits per heavy atom. The lowest BCUT2D eigenvalue weighted by Crippen LogP contribution is -2.36. The van der Waals surface area contributed by atoms with Gasteiger partial charge in [-0.05, 0) is 25.0 Å². The van der Waals surface area contributed by atoms with Crippen LogP contribution in [0.15, 0.2) is 21.3 Å². The van der Waals surface area contributed by atoms with Crippen LogP contribution in [0, 0.1) is 0 Å². The molecule has 2 aromatic rings. The van der Waals surface area contributed by atoms with Gasteiger partial charge in [0.15, 0.2) is 0 Å². The molecule has 0 bridgehead atoms. The van der Waals surface area contributed by atoms with E-state index < -0.39 is 0 Å². The van der Waals surface area contributed by atoms with Crippen molar-refractivity contribution in [2.45, 2.75) is 71.1 Å². The number of carbonyl (C=O) groups excluding carboxylic acids is 1. The van der Waals surface area contributed by atoms with Crippen molar-refractivity contribution in [2.75, 3.05) is 6.54 Å². The smallest absolute Gasteiger partial charge is 0.303 e. The van der Waals surface area contributed by atoms with E-state index in [1.54, 1.807) is 0 Å². The number of fused-ring (bicyclic) bond motifs is 1. The Kier molecular flexibility index (Phi) is 5.62. The Morgan fingerprint density at radius 1 is 1.29 bits per heavy atom. The van der Waals surface area contributed by atoms with E-state index in [0.717, 1.165) is 48.6 Å². The van der Waals surface area contributed by atoms with Crippen LogP contribution in [0.1, 0.15) is 73.5 Å². The van der Waals surface area contributed by atoms with Crippen molar-refractivity contribution in [1.82, 2.24) is 14.9 Å². The van der Waals surface area contributed by atoms with Crippen molar-refractivity contribution in [3.8, 4) is 0 Å². The summed E-state index contributed by atoms with van der Waals surface area (Å²) >= 11 is 0. The van der Waals surface area contributed by atoms with Crippen molar-refractivity contribution in [3.05, 3.63) is 51.1 Å². The minimum absolute atomic E-state index is 0.00488. The fourth-order valence-corrected chi connectivity index (χ4v) is 4.18. The Labute approximate surface area is 164 Å². The molecule has 4 rings (SSSR count). The second-order valence-electron chi connectivity index (χ2n) is 7.82. The first kappa shape index (κ1) is 18.9. The predicted octanol–water partition coefficient (Wildman–Crippen LogP) is 3.03. The number of furan rings is 1. The molecule has 0 atom stereocenters. The molecule has 1 saturated carbocycles. The van der Waals surface area contributed by atoms with Gasteiger partial charge in [0.2, 0.25) is 0 Å². The van der Waals surface area contributed by atoms with E-state index in [-0.39, 0.29) is 18.1 Å². The van der Waals surface area contributed by atoms with Crippen LogP contribution >= 0.6 is 0 Å². The lowest BCUT2D eigenvalue weighted by molar-refractivity contribution is -0.142. The minimum Gasteiger partial charge on any atom is -0.461 e. The van der Waals surface area contributed by atoms with Gasteiger partial charge in [-0.3, -0.25) is 14.5 Å². The summed E-state index contributed by atoms with van der Waals surface area (Å²) in [7, 11) is 0. The van der Waals surface area contributed by atoms with Gasteiger partial charge in [-0.25, -0.2) is 4.98 Å².